The Labute approximate surface area is 116 Å². The number of methoxy groups -OCH3 is 1. The molecule has 0 heterocycles. The summed E-state index contributed by atoms with van der Waals surface area (Å²) >= 11 is 0. The summed E-state index contributed by atoms with van der Waals surface area (Å²) in [6.45, 7) is 2.21. The van der Waals surface area contributed by atoms with E-state index in [2.05, 4.69) is 12.2 Å². The van der Waals surface area contributed by atoms with E-state index in [1.165, 1.54) is 32.8 Å². The van der Waals surface area contributed by atoms with Gasteiger partial charge in [-0.25, -0.2) is 4.39 Å². The topological polar surface area (TPSA) is 21.3 Å². The van der Waals surface area contributed by atoms with Crippen LogP contribution >= 0.6 is 0 Å². The molecule has 0 fully saturated rings. The Balaban J connectivity index is 2.55. The molecule has 1 aromatic rings. The molecule has 0 aliphatic heterocycles. The lowest BCUT2D eigenvalue weighted by atomic mass is 9.99. The zero-order chi connectivity index (χ0) is 14.1. The van der Waals surface area contributed by atoms with E-state index in [4.69, 9.17) is 4.74 Å². The molecule has 19 heavy (non-hydrogen) atoms. The number of likely N-dealkylation sites (N-methyl/N-ethyl adjacent to an activating group) is 1. The van der Waals surface area contributed by atoms with Crippen LogP contribution in [0.3, 0.4) is 0 Å². The van der Waals surface area contributed by atoms with Gasteiger partial charge in [0.05, 0.1) is 7.11 Å². The molecule has 0 radical (unpaired) electrons. The average molecular weight is 267 g/mol. The highest BCUT2D eigenvalue weighted by Crippen LogP contribution is 2.22. The van der Waals surface area contributed by atoms with E-state index in [9.17, 15) is 4.39 Å². The third-order valence-electron chi connectivity index (χ3n) is 3.54. The predicted octanol–water partition coefficient (Wildman–Crippen LogP) is 3.94. The van der Waals surface area contributed by atoms with Crippen molar-refractivity contribution in [1.82, 2.24) is 5.32 Å². The van der Waals surface area contributed by atoms with Gasteiger partial charge in [-0.05, 0) is 31.5 Å². The molecule has 1 aromatic carbocycles. The highest BCUT2D eigenvalue weighted by molar-refractivity contribution is 5.31. The lowest BCUT2D eigenvalue weighted by Crippen LogP contribution is -2.27. The maximum absolute atomic E-state index is 14.1. The van der Waals surface area contributed by atoms with Crippen LogP contribution in [0.25, 0.3) is 0 Å². The molecule has 0 amide bonds. The molecule has 3 heteroatoms. The fraction of sp³-hybridized carbons (Fsp3) is 0.625. The van der Waals surface area contributed by atoms with Crippen LogP contribution in [0.1, 0.15) is 44.6 Å². The van der Waals surface area contributed by atoms with Crippen molar-refractivity contribution in [3.05, 3.63) is 29.6 Å². The number of hydrogen-bond donors (Lipinski definition) is 1. The monoisotopic (exact) mass is 267 g/mol. The number of ether oxygens (including phenoxy) is 1. The number of benzene rings is 1. The molecule has 108 valence electrons. The van der Waals surface area contributed by atoms with E-state index in [1.807, 2.05) is 19.2 Å². The minimum Gasteiger partial charge on any atom is -0.494 e. The fourth-order valence-corrected chi connectivity index (χ4v) is 2.30. The van der Waals surface area contributed by atoms with Gasteiger partial charge in [0.1, 0.15) is 0 Å². The molecule has 0 bridgehead atoms. The summed E-state index contributed by atoms with van der Waals surface area (Å²) in [5, 5.41) is 3.28. The van der Waals surface area contributed by atoms with Crippen LogP contribution in [0.15, 0.2) is 18.2 Å². The average Bonchev–Trinajstić information content (AvgIpc) is 2.44. The lowest BCUT2D eigenvalue weighted by Gasteiger charge is -2.17. The van der Waals surface area contributed by atoms with Crippen LogP contribution in [-0.2, 0) is 6.42 Å². The molecule has 0 aliphatic rings. The predicted molar refractivity (Wildman–Crippen MR) is 78.3 cm³/mol. The van der Waals surface area contributed by atoms with Crippen LogP contribution in [-0.4, -0.2) is 20.2 Å². The van der Waals surface area contributed by atoms with Crippen LogP contribution in [0, 0.1) is 5.82 Å². The SMILES string of the molecule is CCCCCCC(Cc1cccc(OC)c1F)NC. The Hall–Kier alpha value is -1.09. The quantitative estimate of drug-likeness (QED) is 0.684. The minimum absolute atomic E-state index is 0.223. The first-order valence-corrected chi connectivity index (χ1v) is 7.21. The zero-order valence-electron chi connectivity index (χ0n) is 12.3. The molecule has 0 saturated heterocycles. The summed E-state index contributed by atoms with van der Waals surface area (Å²) in [5.74, 6) is 0.108. The van der Waals surface area contributed by atoms with E-state index in [0.717, 1.165) is 12.0 Å². The number of hydrogen-bond acceptors (Lipinski definition) is 2. The zero-order valence-corrected chi connectivity index (χ0v) is 12.3. The largest absolute Gasteiger partial charge is 0.494 e. The Morgan fingerprint density at radius 1 is 1.26 bits per heavy atom. The maximum atomic E-state index is 14.1. The molecule has 1 rings (SSSR count). The molecule has 0 aromatic heterocycles. The van der Waals surface area contributed by atoms with E-state index in [1.54, 1.807) is 6.07 Å². The third-order valence-corrected chi connectivity index (χ3v) is 3.54. The minimum atomic E-state index is -0.223. The van der Waals surface area contributed by atoms with Gasteiger partial charge in [0.2, 0.25) is 0 Å². The maximum Gasteiger partial charge on any atom is 0.168 e. The molecule has 2 nitrogen and oxygen atoms in total. The Morgan fingerprint density at radius 2 is 2.05 bits per heavy atom. The van der Waals surface area contributed by atoms with Crippen molar-refractivity contribution in [2.24, 2.45) is 0 Å². The molecule has 1 atom stereocenters. The van der Waals surface area contributed by atoms with Crippen molar-refractivity contribution in [3.8, 4) is 5.75 Å². The van der Waals surface area contributed by atoms with Crippen molar-refractivity contribution in [1.29, 1.82) is 0 Å². The first-order valence-electron chi connectivity index (χ1n) is 7.21. The van der Waals surface area contributed by atoms with Crippen molar-refractivity contribution in [2.45, 2.75) is 51.5 Å². The summed E-state index contributed by atoms with van der Waals surface area (Å²) in [4.78, 5) is 0. The molecule has 0 aliphatic carbocycles. The smallest absolute Gasteiger partial charge is 0.168 e. The Morgan fingerprint density at radius 3 is 2.68 bits per heavy atom. The van der Waals surface area contributed by atoms with Gasteiger partial charge in [0.25, 0.3) is 0 Å². The van der Waals surface area contributed by atoms with Gasteiger partial charge in [0.15, 0.2) is 11.6 Å². The van der Waals surface area contributed by atoms with Gasteiger partial charge < -0.3 is 10.1 Å². The van der Waals surface area contributed by atoms with E-state index in [-0.39, 0.29) is 5.82 Å². The van der Waals surface area contributed by atoms with Gasteiger partial charge in [-0.3, -0.25) is 0 Å². The van der Waals surface area contributed by atoms with Gasteiger partial charge in [-0.15, -0.1) is 0 Å². The first kappa shape index (κ1) is 16.0. The fourth-order valence-electron chi connectivity index (χ4n) is 2.30. The van der Waals surface area contributed by atoms with Crippen LogP contribution in [0.5, 0.6) is 5.75 Å². The molecule has 1 unspecified atom stereocenters. The Bertz CT molecular complexity index is 368. The van der Waals surface area contributed by atoms with Crippen molar-refractivity contribution >= 4 is 0 Å². The van der Waals surface area contributed by atoms with Gasteiger partial charge in [-0.2, -0.15) is 0 Å². The molecule has 0 spiro atoms. The number of rotatable bonds is 9. The van der Waals surface area contributed by atoms with Crippen LogP contribution < -0.4 is 10.1 Å². The second-order valence-electron chi connectivity index (χ2n) is 4.97. The second-order valence-corrected chi connectivity index (χ2v) is 4.97. The molecular weight excluding hydrogens is 241 g/mol. The summed E-state index contributed by atoms with van der Waals surface area (Å²) < 4.78 is 19.1. The van der Waals surface area contributed by atoms with Crippen molar-refractivity contribution in [3.63, 3.8) is 0 Å². The summed E-state index contributed by atoms with van der Waals surface area (Å²) in [6.07, 6.45) is 6.79. The van der Waals surface area contributed by atoms with Gasteiger partial charge in [0, 0.05) is 6.04 Å². The van der Waals surface area contributed by atoms with Gasteiger partial charge in [-0.1, -0.05) is 44.7 Å². The number of unbranched alkanes of at least 4 members (excludes halogenated alkanes) is 3. The van der Waals surface area contributed by atoms with E-state index >= 15 is 0 Å². The first-order chi connectivity index (χ1) is 9.22. The van der Waals surface area contributed by atoms with E-state index < -0.39 is 0 Å². The van der Waals surface area contributed by atoms with Crippen LogP contribution in [0.4, 0.5) is 4.39 Å². The Kier molecular flexibility index (Phi) is 7.49. The highest BCUT2D eigenvalue weighted by atomic mass is 19.1. The standard InChI is InChI=1S/C16H26FNO/c1-4-5-6-7-10-14(18-2)12-13-9-8-11-15(19-3)16(13)17/h8-9,11,14,18H,4-7,10,12H2,1-3H3. The number of nitrogens with one attached hydrogen (secondary N) is 1. The van der Waals surface area contributed by atoms with Crippen LogP contribution in [0.2, 0.25) is 0 Å². The van der Waals surface area contributed by atoms with Crippen molar-refractivity contribution in [2.75, 3.05) is 14.2 Å². The van der Waals surface area contributed by atoms with Crippen molar-refractivity contribution < 1.29 is 9.13 Å². The summed E-state index contributed by atoms with van der Waals surface area (Å²) in [6, 6.07) is 5.68. The molecular formula is C16H26FNO. The second kappa shape index (κ2) is 8.92. The number of halogens is 1. The highest BCUT2D eigenvalue weighted by Gasteiger charge is 2.13. The summed E-state index contributed by atoms with van der Waals surface area (Å²) in [7, 11) is 3.45. The lowest BCUT2D eigenvalue weighted by molar-refractivity contribution is 0.381. The normalized spacial score (nSPS) is 12.4. The summed E-state index contributed by atoms with van der Waals surface area (Å²) in [5.41, 5.74) is 0.731. The van der Waals surface area contributed by atoms with E-state index in [0.29, 0.717) is 18.2 Å². The van der Waals surface area contributed by atoms with Gasteiger partial charge >= 0.3 is 0 Å². The molecule has 0 saturated carbocycles. The molecule has 1 N–H and O–H groups in total. The third kappa shape index (κ3) is 5.19.